The van der Waals surface area contributed by atoms with Crippen LogP contribution in [0, 0.1) is 0 Å². The van der Waals surface area contributed by atoms with Gasteiger partial charge < -0.3 is 20.7 Å². The van der Waals surface area contributed by atoms with Gasteiger partial charge in [-0.2, -0.15) is 0 Å². The van der Waals surface area contributed by atoms with Gasteiger partial charge in [-0.3, -0.25) is 0 Å². The number of hydrogen-bond acceptors (Lipinski definition) is 4. The third kappa shape index (κ3) is 33.2. The molecule has 0 aliphatic carbocycles. The van der Waals surface area contributed by atoms with Gasteiger partial charge in [0.15, 0.2) is 0 Å². The van der Waals surface area contributed by atoms with Crippen LogP contribution in [-0.2, 0) is 4.74 Å². The maximum Gasteiger partial charge on any atom is 0.0693 e. The molecule has 0 saturated carbocycles. The Bertz CT molecular complexity index is 31.4. The first kappa shape index (κ1) is 11.6. The van der Waals surface area contributed by atoms with Crippen LogP contribution in [0.15, 0.2) is 0 Å². The van der Waals surface area contributed by atoms with Gasteiger partial charge in [-0.25, -0.2) is 0 Å². The van der Waals surface area contributed by atoms with E-state index in [1.54, 1.807) is 7.11 Å². The Morgan fingerprint density at radius 1 is 1.33 bits per heavy atom. The number of ether oxygens (including phenoxy) is 1. The van der Waals surface area contributed by atoms with Gasteiger partial charge in [0.05, 0.1) is 19.8 Å². The van der Waals surface area contributed by atoms with E-state index in [2.05, 4.69) is 4.74 Å². The molecule has 0 radical (unpaired) electrons. The average Bonchev–Trinajstić information content (AvgIpc) is 1.91. The van der Waals surface area contributed by atoms with E-state index in [1.807, 2.05) is 0 Å². The lowest BCUT2D eigenvalue weighted by Gasteiger charge is -1.84. The van der Waals surface area contributed by atoms with Crippen molar-refractivity contribution in [1.82, 2.24) is 0 Å². The lowest BCUT2D eigenvalue weighted by molar-refractivity contribution is 0.135. The minimum absolute atomic E-state index is 0.0972. The predicted molar refractivity (Wildman–Crippen MR) is 35.1 cm³/mol. The second-order valence-corrected chi connectivity index (χ2v) is 1.23. The van der Waals surface area contributed by atoms with Gasteiger partial charge in [0, 0.05) is 13.7 Å². The maximum absolute atomic E-state index is 7.94. The number of nitrogens with two attached hydrogens (primary N) is 1. The average molecular weight is 137 g/mol. The zero-order valence-corrected chi connectivity index (χ0v) is 5.71. The van der Waals surface area contributed by atoms with Crippen LogP contribution in [0.1, 0.15) is 0 Å². The van der Waals surface area contributed by atoms with Gasteiger partial charge in [0.2, 0.25) is 0 Å². The third-order valence-corrected chi connectivity index (χ3v) is 0.425. The Hall–Kier alpha value is -0.160. The molecule has 0 aromatic carbocycles. The van der Waals surface area contributed by atoms with Gasteiger partial charge in [-0.05, 0) is 0 Å². The van der Waals surface area contributed by atoms with E-state index in [0.717, 1.165) is 0 Å². The monoisotopic (exact) mass is 137 g/mol. The highest BCUT2D eigenvalue weighted by molar-refractivity contribution is 4.17. The van der Waals surface area contributed by atoms with Gasteiger partial charge in [0.1, 0.15) is 0 Å². The normalized spacial score (nSPS) is 8.00. The molecular formula is C5H15NO3. The van der Waals surface area contributed by atoms with Crippen molar-refractivity contribution >= 4 is 0 Å². The number of rotatable bonds is 3. The van der Waals surface area contributed by atoms with Crippen LogP contribution >= 0.6 is 0 Å². The van der Waals surface area contributed by atoms with Crippen LogP contribution < -0.4 is 5.73 Å². The fraction of sp³-hybridized carbons (Fsp3) is 1.00. The molecule has 0 spiro atoms. The smallest absolute Gasteiger partial charge is 0.0693 e. The molecule has 0 aliphatic rings. The Morgan fingerprint density at radius 2 is 1.78 bits per heavy atom. The third-order valence-electron chi connectivity index (χ3n) is 0.425. The summed E-state index contributed by atoms with van der Waals surface area (Å²) in [4.78, 5) is 0. The van der Waals surface area contributed by atoms with Gasteiger partial charge in [0.25, 0.3) is 0 Å². The Balaban J connectivity index is 0. The molecule has 58 valence electrons. The van der Waals surface area contributed by atoms with Crippen molar-refractivity contribution in [3.05, 3.63) is 0 Å². The fourth-order valence-electron chi connectivity index (χ4n) is 0.0913. The number of hydrogen-bond donors (Lipinski definition) is 3. The second-order valence-electron chi connectivity index (χ2n) is 1.23. The molecule has 0 aromatic heterocycles. The SMILES string of the molecule is COCCO.NCCO. The molecule has 0 atom stereocenters. The van der Waals surface area contributed by atoms with E-state index in [9.17, 15) is 0 Å². The predicted octanol–water partition coefficient (Wildman–Crippen LogP) is -1.44. The van der Waals surface area contributed by atoms with Crippen LogP contribution in [0.5, 0.6) is 0 Å². The van der Waals surface area contributed by atoms with E-state index < -0.39 is 0 Å². The highest BCUT2D eigenvalue weighted by Gasteiger charge is 1.67. The number of aliphatic hydroxyl groups is 2. The van der Waals surface area contributed by atoms with Crippen molar-refractivity contribution in [1.29, 1.82) is 0 Å². The van der Waals surface area contributed by atoms with Crippen molar-refractivity contribution in [2.75, 3.05) is 33.5 Å². The Kier molecular flexibility index (Phi) is 20.2. The molecule has 0 amide bonds. The van der Waals surface area contributed by atoms with E-state index >= 15 is 0 Å². The summed E-state index contributed by atoms with van der Waals surface area (Å²) in [6.07, 6.45) is 0. The summed E-state index contributed by atoms with van der Waals surface area (Å²) < 4.78 is 4.44. The van der Waals surface area contributed by atoms with Crippen molar-refractivity contribution in [2.24, 2.45) is 5.73 Å². The second kappa shape index (κ2) is 15.7. The van der Waals surface area contributed by atoms with Crippen molar-refractivity contribution in [3.8, 4) is 0 Å². The summed E-state index contributed by atoms with van der Waals surface area (Å²) in [6.45, 7) is 1.04. The van der Waals surface area contributed by atoms with Crippen molar-refractivity contribution < 1.29 is 14.9 Å². The van der Waals surface area contributed by atoms with Crippen molar-refractivity contribution in [3.63, 3.8) is 0 Å². The number of methoxy groups -OCH3 is 1. The molecule has 4 heteroatoms. The highest BCUT2D eigenvalue weighted by atomic mass is 16.5. The summed E-state index contributed by atoms with van der Waals surface area (Å²) in [5.74, 6) is 0. The molecule has 0 saturated heterocycles. The Morgan fingerprint density at radius 3 is 1.78 bits per heavy atom. The molecule has 0 unspecified atom stereocenters. The lowest BCUT2D eigenvalue weighted by Crippen LogP contribution is -2.02. The van der Waals surface area contributed by atoms with Crippen LogP contribution in [0.25, 0.3) is 0 Å². The van der Waals surface area contributed by atoms with Gasteiger partial charge >= 0.3 is 0 Å². The van der Waals surface area contributed by atoms with Crippen LogP contribution in [0.3, 0.4) is 0 Å². The maximum atomic E-state index is 7.94. The van der Waals surface area contributed by atoms with Gasteiger partial charge in [-0.15, -0.1) is 0 Å². The largest absolute Gasteiger partial charge is 0.395 e. The van der Waals surface area contributed by atoms with Crippen LogP contribution in [0.2, 0.25) is 0 Å². The first-order valence-electron chi connectivity index (χ1n) is 2.74. The highest BCUT2D eigenvalue weighted by Crippen LogP contribution is 1.56. The molecule has 4 N–H and O–H groups in total. The minimum atomic E-state index is 0.0972. The van der Waals surface area contributed by atoms with E-state index in [1.165, 1.54) is 0 Å². The molecule has 0 rings (SSSR count). The van der Waals surface area contributed by atoms with Crippen LogP contribution in [-0.4, -0.2) is 43.7 Å². The molecule has 0 fully saturated rings. The van der Waals surface area contributed by atoms with Crippen molar-refractivity contribution in [2.45, 2.75) is 0 Å². The topological polar surface area (TPSA) is 75.7 Å². The molecule has 0 aliphatic heterocycles. The molecule has 0 aromatic rings. The quantitative estimate of drug-likeness (QED) is 0.445. The minimum Gasteiger partial charge on any atom is -0.395 e. The summed E-state index contributed by atoms with van der Waals surface area (Å²) in [5, 5.41) is 15.7. The molecule has 0 heterocycles. The molecule has 0 bridgehead atoms. The van der Waals surface area contributed by atoms with E-state index in [4.69, 9.17) is 15.9 Å². The standard InChI is InChI=1S/C3H8O2.C2H7NO/c1-5-3-2-4;3-1-2-4/h4H,2-3H2,1H3;4H,1-3H2. The van der Waals surface area contributed by atoms with E-state index in [0.29, 0.717) is 13.2 Å². The van der Waals surface area contributed by atoms with Crippen LogP contribution in [0.4, 0.5) is 0 Å². The molecule has 9 heavy (non-hydrogen) atoms. The summed E-state index contributed by atoms with van der Waals surface area (Å²) in [6, 6.07) is 0. The zero-order valence-electron chi connectivity index (χ0n) is 5.71. The number of aliphatic hydroxyl groups excluding tert-OH is 2. The summed E-state index contributed by atoms with van der Waals surface area (Å²) in [5.41, 5.74) is 4.78. The first-order chi connectivity index (χ1) is 4.33. The Labute approximate surface area is 55.2 Å². The summed E-state index contributed by atoms with van der Waals surface area (Å²) >= 11 is 0. The molecular weight excluding hydrogens is 122 g/mol. The summed E-state index contributed by atoms with van der Waals surface area (Å²) in [7, 11) is 1.55. The fourth-order valence-corrected chi connectivity index (χ4v) is 0.0913. The zero-order chi connectivity index (χ0) is 7.54. The molecule has 4 nitrogen and oxygen atoms in total. The van der Waals surface area contributed by atoms with E-state index in [-0.39, 0.29) is 13.2 Å². The first-order valence-corrected chi connectivity index (χ1v) is 2.74. The van der Waals surface area contributed by atoms with Gasteiger partial charge in [-0.1, -0.05) is 0 Å². The lowest BCUT2D eigenvalue weighted by atomic mass is 10.8.